The highest BCUT2D eigenvalue weighted by atomic mass is 32.2. The molecule has 2 rings (SSSR count). The first-order valence-corrected chi connectivity index (χ1v) is 9.11. The molecule has 2 N–H and O–H groups in total. The summed E-state index contributed by atoms with van der Waals surface area (Å²) in [5.41, 5.74) is 0.587. The fourth-order valence-electron chi connectivity index (χ4n) is 2.70. The molecule has 1 saturated carbocycles. The molecule has 21 heavy (non-hydrogen) atoms. The largest absolute Gasteiger partial charge is 0.335 e. The number of anilines is 1. The molecule has 0 bridgehead atoms. The monoisotopic (exact) mass is 310 g/mol. The van der Waals surface area contributed by atoms with E-state index in [2.05, 4.69) is 17.6 Å². The van der Waals surface area contributed by atoms with Gasteiger partial charge >= 0.3 is 6.03 Å². The van der Waals surface area contributed by atoms with Gasteiger partial charge in [0.1, 0.15) is 0 Å². The lowest BCUT2D eigenvalue weighted by molar-refractivity contribution is 0.238. The third-order valence-corrected chi connectivity index (χ3v) is 4.94. The zero-order valence-corrected chi connectivity index (χ0v) is 13.2. The third kappa shape index (κ3) is 4.74. The molecule has 0 aromatic heterocycles. The predicted molar refractivity (Wildman–Crippen MR) is 83.1 cm³/mol. The molecule has 1 aliphatic carbocycles. The Balaban J connectivity index is 1.90. The zero-order valence-electron chi connectivity index (χ0n) is 12.4. The predicted octanol–water partition coefficient (Wildman–Crippen LogP) is 2.79. The van der Waals surface area contributed by atoms with Crippen molar-refractivity contribution >= 4 is 21.6 Å². The van der Waals surface area contributed by atoms with Gasteiger partial charge < -0.3 is 10.6 Å². The van der Waals surface area contributed by atoms with E-state index < -0.39 is 9.84 Å². The Kier molecular flexibility index (Phi) is 4.88. The lowest BCUT2D eigenvalue weighted by Crippen LogP contribution is -2.40. The third-order valence-electron chi connectivity index (χ3n) is 3.81. The number of benzene rings is 1. The molecular formula is C15H22N2O3S. The highest BCUT2D eigenvalue weighted by Crippen LogP contribution is 2.23. The summed E-state index contributed by atoms with van der Waals surface area (Å²) in [7, 11) is -3.21. The van der Waals surface area contributed by atoms with Gasteiger partial charge in [0.05, 0.1) is 4.90 Å². The first kappa shape index (κ1) is 15.8. The molecule has 0 saturated heterocycles. The van der Waals surface area contributed by atoms with E-state index in [1.165, 1.54) is 18.6 Å². The van der Waals surface area contributed by atoms with Crippen LogP contribution in [0.1, 0.15) is 32.6 Å². The Bertz CT molecular complexity index is 596. The summed E-state index contributed by atoms with van der Waals surface area (Å²) in [6.07, 6.45) is 5.57. The normalized spacial score (nSPS) is 22.6. The van der Waals surface area contributed by atoms with Gasteiger partial charge in [0.2, 0.25) is 0 Å². The van der Waals surface area contributed by atoms with Crippen LogP contribution in [0.25, 0.3) is 0 Å². The van der Waals surface area contributed by atoms with Crippen LogP contribution in [0.3, 0.4) is 0 Å². The Morgan fingerprint density at radius 3 is 2.43 bits per heavy atom. The van der Waals surface area contributed by atoms with Crippen LogP contribution in [0.2, 0.25) is 0 Å². The van der Waals surface area contributed by atoms with E-state index >= 15 is 0 Å². The summed E-state index contributed by atoms with van der Waals surface area (Å²) < 4.78 is 22.7. The number of urea groups is 1. The maximum atomic E-state index is 11.9. The second kappa shape index (κ2) is 6.47. The lowest BCUT2D eigenvalue weighted by atomic mass is 9.87. The smallest absolute Gasteiger partial charge is 0.319 e. The minimum Gasteiger partial charge on any atom is -0.335 e. The van der Waals surface area contributed by atoms with Crippen molar-refractivity contribution in [2.75, 3.05) is 11.6 Å². The van der Waals surface area contributed by atoms with Gasteiger partial charge in [-0.25, -0.2) is 13.2 Å². The van der Waals surface area contributed by atoms with Gasteiger partial charge in [-0.15, -0.1) is 0 Å². The quantitative estimate of drug-likeness (QED) is 0.901. The van der Waals surface area contributed by atoms with Gasteiger partial charge in [0.25, 0.3) is 0 Å². The molecule has 0 heterocycles. The van der Waals surface area contributed by atoms with Crippen LogP contribution < -0.4 is 10.6 Å². The van der Waals surface area contributed by atoms with E-state index in [0.717, 1.165) is 25.5 Å². The van der Waals surface area contributed by atoms with Gasteiger partial charge in [0.15, 0.2) is 9.84 Å². The molecule has 2 atom stereocenters. The number of nitrogens with one attached hydrogen (secondary N) is 2. The second-order valence-corrected chi connectivity index (χ2v) is 7.88. The van der Waals surface area contributed by atoms with Gasteiger partial charge in [-0.05, 0) is 43.0 Å². The van der Waals surface area contributed by atoms with E-state index in [9.17, 15) is 13.2 Å². The van der Waals surface area contributed by atoms with E-state index in [4.69, 9.17) is 0 Å². The topological polar surface area (TPSA) is 75.3 Å². The SMILES string of the molecule is CC1CCCC(NC(=O)Nc2ccc(S(C)(=O)=O)cc2)C1. The summed E-state index contributed by atoms with van der Waals surface area (Å²) in [6, 6.07) is 6.17. The van der Waals surface area contributed by atoms with Crippen molar-refractivity contribution in [2.45, 2.75) is 43.5 Å². The van der Waals surface area contributed by atoms with Crippen molar-refractivity contribution in [2.24, 2.45) is 5.92 Å². The molecule has 1 aromatic rings. The van der Waals surface area contributed by atoms with E-state index in [1.54, 1.807) is 12.1 Å². The molecule has 2 amide bonds. The molecule has 116 valence electrons. The molecule has 1 fully saturated rings. The number of rotatable bonds is 3. The zero-order chi connectivity index (χ0) is 15.5. The molecule has 1 aliphatic rings. The van der Waals surface area contributed by atoms with Crippen molar-refractivity contribution in [3.63, 3.8) is 0 Å². The molecule has 5 nitrogen and oxygen atoms in total. The Morgan fingerprint density at radius 1 is 1.19 bits per heavy atom. The van der Waals surface area contributed by atoms with Crippen LogP contribution in [0.15, 0.2) is 29.2 Å². The molecule has 0 spiro atoms. The van der Waals surface area contributed by atoms with Crippen LogP contribution in [0.5, 0.6) is 0 Å². The van der Waals surface area contributed by atoms with Crippen molar-refractivity contribution in [1.29, 1.82) is 0 Å². The number of amides is 2. The van der Waals surface area contributed by atoms with E-state index in [1.807, 2.05) is 0 Å². The van der Waals surface area contributed by atoms with Gasteiger partial charge in [-0.3, -0.25) is 0 Å². The van der Waals surface area contributed by atoms with Gasteiger partial charge in [-0.1, -0.05) is 19.8 Å². The van der Waals surface area contributed by atoms with Gasteiger partial charge in [-0.2, -0.15) is 0 Å². The Labute approximate surface area is 126 Å². The molecule has 6 heteroatoms. The van der Waals surface area contributed by atoms with Crippen LogP contribution in [0, 0.1) is 5.92 Å². The fourth-order valence-corrected chi connectivity index (χ4v) is 3.33. The summed E-state index contributed by atoms with van der Waals surface area (Å²) in [5.74, 6) is 0.651. The van der Waals surface area contributed by atoms with Crippen LogP contribution in [0.4, 0.5) is 10.5 Å². The first-order chi connectivity index (χ1) is 9.84. The average molecular weight is 310 g/mol. The maximum Gasteiger partial charge on any atom is 0.319 e. The molecular weight excluding hydrogens is 288 g/mol. The maximum absolute atomic E-state index is 11.9. The Morgan fingerprint density at radius 2 is 1.86 bits per heavy atom. The van der Waals surface area contributed by atoms with Crippen LogP contribution >= 0.6 is 0 Å². The number of sulfone groups is 1. The molecule has 0 aliphatic heterocycles. The number of hydrogen-bond acceptors (Lipinski definition) is 3. The standard InChI is InChI=1S/C15H22N2O3S/c1-11-4-3-5-13(10-11)17-15(18)16-12-6-8-14(9-7-12)21(2,19)20/h6-9,11,13H,3-5,10H2,1-2H3,(H2,16,17,18). The summed E-state index contributed by atoms with van der Waals surface area (Å²) in [4.78, 5) is 12.2. The van der Waals surface area contributed by atoms with Crippen molar-refractivity contribution < 1.29 is 13.2 Å². The highest BCUT2D eigenvalue weighted by Gasteiger charge is 2.20. The first-order valence-electron chi connectivity index (χ1n) is 7.22. The van der Waals surface area contributed by atoms with E-state index in [-0.39, 0.29) is 17.0 Å². The van der Waals surface area contributed by atoms with Crippen LogP contribution in [-0.2, 0) is 9.84 Å². The lowest BCUT2D eigenvalue weighted by Gasteiger charge is -2.27. The fraction of sp³-hybridized carbons (Fsp3) is 0.533. The number of carbonyl (C=O) groups is 1. The number of hydrogen-bond donors (Lipinski definition) is 2. The van der Waals surface area contributed by atoms with Crippen molar-refractivity contribution in [3.05, 3.63) is 24.3 Å². The molecule has 2 unspecified atom stereocenters. The number of carbonyl (C=O) groups excluding carboxylic acids is 1. The summed E-state index contributed by atoms with van der Waals surface area (Å²) >= 11 is 0. The Hall–Kier alpha value is -1.56. The summed E-state index contributed by atoms with van der Waals surface area (Å²) in [5, 5.41) is 5.71. The minimum atomic E-state index is -3.21. The van der Waals surface area contributed by atoms with Gasteiger partial charge in [0, 0.05) is 18.0 Å². The van der Waals surface area contributed by atoms with Crippen LogP contribution in [-0.4, -0.2) is 26.7 Å². The second-order valence-electron chi connectivity index (χ2n) is 5.86. The molecule has 0 radical (unpaired) electrons. The highest BCUT2D eigenvalue weighted by molar-refractivity contribution is 7.90. The average Bonchev–Trinajstić information content (AvgIpc) is 2.38. The van der Waals surface area contributed by atoms with E-state index in [0.29, 0.717) is 11.6 Å². The molecule has 1 aromatic carbocycles. The minimum absolute atomic E-state index is 0.226. The van der Waals surface area contributed by atoms with Crippen molar-refractivity contribution in [1.82, 2.24) is 5.32 Å². The van der Waals surface area contributed by atoms with Crippen molar-refractivity contribution in [3.8, 4) is 0 Å². The summed E-state index contributed by atoms with van der Waals surface area (Å²) in [6.45, 7) is 2.20.